The molecule has 3 aromatic rings. The largest absolute Gasteiger partial charge is 0.493 e. The number of benzene rings is 2. The number of hydrogen-bond donors (Lipinski definition) is 2. The van der Waals surface area contributed by atoms with Gasteiger partial charge in [0.1, 0.15) is 5.82 Å². The summed E-state index contributed by atoms with van der Waals surface area (Å²) in [5.74, 6) is 3.72. The van der Waals surface area contributed by atoms with Gasteiger partial charge in [0, 0.05) is 5.56 Å². The minimum absolute atomic E-state index is 0.495. The Kier molecular flexibility index (Phi) is 7.13. The Morgan fingerprint density at radius 1 is 0.867 bits per heavy atom. The second kappa shape index (κ2) is 9.98. The Morgan fingerprint density at radius 3 is 2.17 bits per heavy atom. The van der Waals surface area contributed by atoms with Crippen LogP contribution in [0.5, 0.6) is 23.0 Å². The van der Waals surface area contributed by atoms with E-state index in [1.54, 1.807) is 7.11 Å². The van der Waals surface area contributed by atoms with Crippen molar-refractivity contribution in [1.82, 2.24) is 15.2 Å². The first kappa shape index (κ1) is 21.4. The molecule has 1 atom stereocenters. The van der Waals surface area contributed by atoms with Crippen LogP contribution in [0.2, 0.25) is 0 Å². The molecular formula is C22H28N4O4. The molecule has 0 bridgehead atoms. The third-order valence-corrected chi connectivity index (χ3v) is 4.45. The molecule has 0 aliphatic heterocycles. The average Bonchev–Trinajstić information content (AvgIpc) is 3.25. The summed E-state index contributed by atoms with van der Waals surface area (Å²) in [6.45, 7) is 7.43. The highest BCUT2D eigenvalue weighted by atomic mass is 16.5. The van der Waals surface area contributed by atoms with E-state index in [0.29, 0.717) is 54.5 Å². The number of aromatic nitrogens is 3. The van der Waals surface area contributed by atoms with Crippen LogP contribution >= 0.6 is 0 Å². The quantitative estimate of drug-likeness (QED) is 0.523. The molecule has 8 nitrogen and oxygen atoms in total. The Labute approximate surface area is 176 Å². The van der Waals surface area contributed by atoms with E-state index < -0.39 is 6.04 Å². The van der Waals surface area contributed by atoms with Gasteiger partial charge in [-0.05, 0) is 56.7 Å². The van der Waals surface area contributed by atoms with E-state index in [-0.39, 0.29) is 0 Å². The Morgan fingerprint density at radius 2 is 1.50 bits per heavy atom. The third-order valence-electron chi connectivity index (χ3n) is 4.45. The maximum Gasteiger partial charge on any atom is 0.181 e. The summed E-state index contributed by atoms with van der Waals surface area (Å²) in [6.07, 6.45) is 0. The third kappa shape index (κ3) is 4.65. The monoisotopic (exact) mass is 412 g/mol. The highest BCUT2D eigenvalue weighted by molar-refractivity contribution is 5.61. The zero-order valence-electron chi connectivity index (χ0n) is 17.8. The normalized spacial score (nSPS) is 11.8. The summed E-state index contributed by atoms with van der Waals surface area (Å²) in [7, 11) is 1.60. The lowest BCUT2D eigenvalue weighted by atomic mass is 10.1. The van der Waals surface area contributed by atoms with Gasteiger partial charge in [-0.25, -0.2) is 4.98 Å². The minimum atomic E-state index is -0.495. The predicted octanol–water partition coefficient (Wildman–Crippen LogP) is 3.72. The molecule has 160 valence electrons. The number of ether oxygens (including phenoxy) is 4. The van der Waals surface area contributed by atoms with E-state index in [1.165, 1.54) is 0 Å². The number of methoxy groups -OCH3 is 1. The van der Waals surface area contributed by atoms with Crippen molar-refractivity contribution < 1.29 is 18.9 Å². The van der Waals surface area contributed by atoms with Crippen molar-refractivity contribution in [2.75, 3.05) is 26.9 Å². The SMILES string of the molecule is CCOc1ccc(-c2n[nH]c([C@H](N)c3ccc(OCC)c(OCC)c3)n2)cc1OC. The maximum atomic E-state index is 6.44. The molecule has 3 N–H and O–H groups in total. The molecule has 0 aliphatic rings. The van der Waals surface area contributed by atoms with Gasteiger partial charge >= 0.3 is 0 Å². The van der Waals surface area contributed by atoms with Crippen LogP contribution in [0.4, 0.5) is 0 Å². The highest BCUT2D eigenvalue weighted by Crippen LogP contribution is 2.33. The average molecular weight is 412 g/mol. The molecule has 0 radical (unpaired) electrons. The molecule has 0 amide bonds. The lowest BCUT2D eigenvalue weighted by Gasteiger charge is -2.15. The fourth-order valence-corrected chi connectivity index (χ4v) is 3.04. The summed E-state index contributed by atoms with van der Waals surface area (Å²) in [5.41, 5.74) is 8.08. The van der Waals surface area contributed by atoms with Gasteiger partial charge in [0.05, 0.1) is 33.0 Å². The fraction of sp³-hybridized carbons (Fsp3) is 0.364. The number of hydrogen-bond acceptors (Lipinski definition) is 7. The van der Waals surface area contributed by atoms with Crippen molar-refractivity contribution >= 4 is 0 Å². The zero-order chi connectivity index (χ0) is 21.5. The first-order valence-electron chi connectivity index (χ1n) is 9.99. The van der Waals surface area contributed by atoms with E-state index in [0.717, 1.165) is 11.1 Å². The molecule has 0 saturated heterocycles. The van der Waals surface area contributed by atoms with Gasteiger partial charge in [0.15, 0.2) is 28.8 Å². The van der Waals surface area contributed by atoms with Crippen molar-refractivity contribution in [2.24, 2.45) is 5.73 Å². The molecule has 0 saturated carbocycles. The summed E-state index contributed by atoms with van der Waals surface area (Å²) < 4.78 is 22.3. The number of rotatable bonds is 10. The molecule has 0 fully saturated rings. The summed E-state index contributed by atoms with van der Waals surface area (Å²) in [4.78, 5) is 4.58. The second-order valence-corrected chi connectivity index (χ2v) is 6.39. The Hall–Kier alpha value is -3.26. The summed E-state index contributed by atoms with van der Waals surface area (Å²) in [6, 6.07) is 10.7. The van der Waals surface area contributed by atoms with Crippen LogP contribution in [-0.2, 0) is 0 Å². The topological polar surface area (TPSA) is 105 Å². The number of nitrogens with one attached hydrogen (secondary N) is 1. The van der Waals surface area contributed by atoms with Crippen molar-refractivity contribution in [3.8, 4) is 34.4 Å². The number of H-pyrrole nitrogens is 1. The molecule has 30 heavy (non-hydrogen) atoms. The van der Waals surface area contributed by atoms with Crippen LogP contribution in [-0.4, -0.2) is 42.1 Å². The Bertz CT molecular complexity index is 974. The molecule has 0 aliphatic carbocycles. The predicted molar refractivity (Wildman–Crippen MR) is 114 cm³/mol. The zero-order valence-corrected chi connectivity index (χ0v) is 17.8. The van der Waals surface area contributed by atoms with Gasteiger partial charge in [0.25, 0.3) is 0 Å². The molecule has 1 aromatic heterocycles. The van der Waals surface area contributed by atoms with Crippen molar-refractivity contribution in [3.63, 3.8) is 0 Å². The van der Waals surface area contributed by atoms with Gasteiger partial charge in [-0.3, -0.25) is 5.10 Å². The first-order valence-corrected chi connectivity index (χ1v) is 9.99. The van der Waals surface area contributed by atoms with Gasteiger partial charge in [-0.1, -0.05) is 6.07 Å². The molecule has 2 aromatic carbocycles. The summed E-state index contributed by atoms with van der Waals surface area (Å²) in [5, 5.41) is 7.26. The molecular weight excluding hydrogens is 384 g/mol. The van der Waals surface area contributed by atoms with E-state index in [1.807, 2.05) is 57.2 Å². The van der Waals surface area contributed by atoms with Gasteiger partial charge in [-0.2, -0.15) is 5.10 Å². The van der Waals surface area contributed by atoms with Gasteiger partial charge in [0.2, 0.25) is 0 Å². The molecule has 0 spiro atoms. The van der Waals surface area contributed by atoms with E-state index in [9.17, 15) is 0 Å². The van der Waals surface area contributed by atoms with E-state index in [2.05, 4.69) is 15.2 Å². The number of nitrogens with two attached hydrogens (primary N) is 1. The van der Waals surface area contributed by atoms with Crippen molar-refractivity contribution in [1.29, 1.82) is 0 Å². The minimum Gasteiger partial charge on any atom is -0.493 e. The smallest absolute Gasteiger partial charge is 0.181 e. The van der Waals surface area contributed by atoms with Crippen LogP contribution in [0, 0.1) is 0 Å². The van der Waals surface area contributed by atoms with Gasteiger partial charge < -0.3 is 24.7 Å². The molecule has 3 rings (SSSR count). The van der Waals surface area contributed by atoms with Crippen LogP contribution < -0.4 is 24.7 Å². The van der Waals surface area contributed by atoms with Crippen LogP contribution in [0.15, 0.2) is 36.4 Å². The van der Waals surface area contributed by atoms with Crippen LogP contribution in [0.1, 0.15) is 38.2 Å². The molecule has 0 unspecified atom stereocenters. The van der Waals surface area contributed by atoms with Crippen LogP contribution in [0.3, 0.4) is 0 Å². The first-order chi connectivity index (χ1) is 14.6. The lowest BCUT2D eigenvalue weighted by Crippen LogP contribution is -2.14. The highest BCUT2D eigenvalue weighted by Gasteiger charge is 2.18. The lowest BCUT2D eigenvalue weighted by molar-refractivity contribution is 0.287. The van der Waals surface area contributed by atoms with E-state index in [4.69, 9.17) is 24.7 Å². The second-order valence-electron chi connectivity index (χ2n) is 6.39. The number of aromatic amines is 1. The van der Waals surface area contributed by atoms with Gasteiger partial charge in [-0.15, -0.1) is 0 Å². The van der Waals surface area contributed by atoms with Crippen molar-refractivity contribution in [2.45, 2.75) is 26.8 Å². The molecule has 1 heterocycles. The summed E-state index contributed by atoms with van der Waals surface area (Å²) >= 11 is 0. The number of nitrogens with zero attached hydrogens (tertiary/aromatic N) is 2. The van der Waals surface area contributed by atoms with Crippen LogP contribution in [0.25, 0.3) is 11.4 Å². The Balaban J connectivity index is 1.86. The fourth-order valence-electron chi connectivity index (χ4n) is 3.04. The van der Waals surface area contributed by atoms with Crippen molar-refractivity contribution in [3.05, 3.63) is 47.8 Å². The molecule has 8 heteroatoms. The standard InChI is InChI=1S/C22H28N4O4/c1-5-28-16-11-9-15(13-18(16)27-4)21-24-22(26-25-21)20(23)14-8-10-17(29-6-2)19(12-14)30-7-3/h8-13,20H,5-7,23H2,1-4H3,(H,24,25,26)/t20-/m1/s1. The maximum absolute atomic E-state index is 6.44. The van der Waals surface area contributed by atoms with E-state index >= 15 is 0 Å².